The van der Waals surface area contributed by atoms with Crippen LogP contribution in [0.1, 0.15) is 11.1 Å². The fourth-order valence-electron chi connectivity index (χ4n) is 5.85. The molecule has 5 aromatic carbocycles. The molecule has 0 unspecified atom stereocenters. The van der Waals surface area contributed by atoms with Gasteiger partial charge in [-0.25, -0.2) is 0 Å². The molecule has 2 heterocycles. The van der Waals surface area contributed by atoms with E-state index in [0.29, 0.717) is 0 Å². The highest BCUT2D eigenvalue weighted by Crippen LogP contribution is 2.44. The van der Waals surface area contributed by atoms with Crippen molar-refractivity contribution in [2.24, 2.45) is 0 Å². The zero-order valence-electron chi connectivity index (χ0n) is 22.0. The van der Waals surface area contributed by atoms with Crippen LogP contribution < -0.4 is 5.73 Å². The number of benzene rings is 5. The molecule has 0 aliphatic rings. The Kier molecular flexibility index (Phi) is 6.07. The summed E-state index contributed by atoms with van der Waals surface area (Å²) in [6, 6.07) is 40.8. The SMILES string of the molecule is C=C/C=C(\Cc1c(-c2ccc3sc4ccccc4c3c2N)ccc2c1ccn2-c1ccccc1)c1ccccc1. The first kappa shape index (κ1) is 24.2. The van der Waals surface area contributed by atoms with Gasteiger partial charge in [0.25, 0.3) is 0 Å². The van der Waals surface area contributed by atoms with Crippen LogP contribution in [0.25, 0.3) is 53.5 Å². The lowest BCUT2D eigenvalue weighted by Crippen LogP contribution is -1.99. The molecule has 0 amide bonds. The number of fused-ring (bicyclic) bond motifs is 4. The summed E-state index contributed by atoms with van der Waals surface area (Å²) in [7, 11) is 0. The van der Waals surface area contributed by atoms with E-state index in [-0.39, 0.29) is 0 Å². The lowest BCUT2D eigenvalue weighted by Gasteiger charge is -2.17. The van der Waals surface area contributed by atoms with E-state index in [9.17, 15) is 0 Å². The maximum Gasteiger partial charge on any atom is 0.0531 e. The average Bonchev–Trinajstić information content (AvgIpc) is 3.61. The van der Waals surface area contributed by atoms with Gasteiger partial charge in [0.05, 0.1) is 5.52 Å². The normalized spacial score (nSPS) is 11.9. The molecule has 40 heavy (non-hydrogen) atoms. The summed E-state index contributed by atoms with van der Waals surface area (Å²) < 4.78 is 4.75. The number of anilines is 1. The number of hydrogen-bond acceptors (Lipinski definition) is 2. The van der Waals surface area contributed by atoms with Crippen molar-refractivity contribution in [3.63, 3.8) is 0 Å². The van der Waals surface area contributed by atoms with Crippen molar-refractivity contribution in [2.45, 2.75) is 6.42 Å². The molecule has 0 saturated heterocycles. The maximum atomic E-state index is 7.04. The molecule has 3 heteroatoms. The van der Waals surface area contributed by atoms with Crippen molar-refractivity contribution in [2.75, 3.05) is 5.73 Å². The third-order valence-corrected chi connectivity index (χ3v) is 8.86. The quantitative estimate of drug-likeness (QED) is 0.168. The van der Waals surface area contributed by atoms with Gasteiger partial charge in [-0.05, 0) is 65.1 Å². The van der Waals surface area contributed by atoms with Crippen LogP contribution in [-0.4, -0.2) is 4.57 Å². The Labute approximate surface area is 237 Å². The predicted octanol–water partition coefficient (Wildman–Crippen LogP) is 10.1. The molecule has 7 aromatic rings. The molecule has 0 radical (unpaired) electrons. The summed E-state index contributed by atoms with van der Waals surface area (Å²) >= 11 is 1.80. The summed E-state index contributed by atoms with van der Waals surface area (Å²) in [5.74, 6) is 0. The van der Waals surface area contributed by atoms with Crippen LogP contribution >= 0.6 is 11.3 Å². The number of allylic oxidation sites excluding steroid dienone is 3. The van der Waals surface area contributed by atoms with Crippen molar-refractivity contribution in [1.29, 1.82) is 0 Å². The molecule has 2 aromatic heterocycles. The molecule has 0 aliphatic heterocycles. The molecule has 0 fully saturated rings. The average molecular weight is 533 g/mol. The Morgan fingerprint density at radius 1 is 0.725 bits per heavy atom. The third kappa shape index (κ3) is 4.03. The summed E-state index contributed by atoms with van der Waals surface area (Å²) in [6.45, 7) is 4.03. The van der Waals surface area contributed by atoms with E-state index in [1.165, 1.54) is 48.0 Å². The van der Waals surface area contributed by atoms with E-state index in [1.54, 1.807) is 11.3 Å². The zero-order valence-corrected chi connectivity index (χ0v) is 22.9. The molecule has 0 aliphatic carbocycles. The van der Waals surface area contributed by atoms with E-state index < -0.39 is 0 Å². The van der Waals surface area contributed by atoms with Gasteiger partial charge in [-0.1, -0.05) is 97.6 Å². The number of thiophene rings is 1. The van der Waals surface area contributed by atoms with Crippen molar-refractivity contribution in [3.8, 4) is 16.8 Å². The molecule has 192 valence electrons. The lowest BCUT2D eigenvalue weighted by molar-refractivity contribution is 1.13. The van der Waals surface area contributed by atoms with Gasteiger partial charge in [0, 0.05) is 48.7 Å². The number of aromatic nitrogens is 1. The van der Waals surface area contributed by atoms with Gasteiger partial charge in [0.15, 0.2) is 0 Å². The molecule has 2 nitrogen and oxygen atoms in total. The van der Waals surface area contributed by atoms with Gasteiger partial charge in [-0.2, -0.15) is 0 Å². The van der Waals surface area contributed by atoms with Crippen molar-refractivity contribution >= 4 is 53.7 Å². The Bertz CT molecular complexity index is 2040. The Morgan fingerprint density at radius 3 is 2.25 bits per heavy atom. The molecule has 0 saturated carbocycles. The van der Waals surface area contributed by atoms with E-state index in [2.05, 4.69) is 139 Å². The molecule has 2 N–H and O–H groups in total. The number of hydrogen-bond donors (Lipinski definition) is 1. The number of nitrogen functional groups attached to an aromatic ring is 1. The van der Waals surface area contributed by atoms with Crippen LogP contribution in [0.2, 0.25) is 0 Å². The topological polar surface area (TPSA) is 30.9 Å². The number of nitrogens with zero attached hydrogens (tertiary/aromatic N) is 1. The van der Waals surface area contributed by atoms with E-state index in [0.717, 1.165) is 28.7 Å². The van der Waals surface area contributed by atoms with Crippen LogP contribution in [0.15, 0.2) is 140 Å². The summed E-state index contributed by atoms with van der Waals surface area (Å²) in [6.07, 6.45) is 6.94. The van der Waals surface area contributed by atoms with Gasteiger partial charge < -0.3 is 10.3 Å². The summed E-state index contributed by atoms with van der Waals surface area (Å²) in [4.78, 5) is 0. The molecular formula is C37H28N2S. The maximum absolute atomic E-state index is 7.04. The van der Waals surface area contributed by atoms with Crippen LogP contribution in [0.3, 0.4) is 0 Å². The monoisotopic (exact) mass is 532 g/mol. The highest BCUT2D eigenvalue weighted by atomic mass is 32.1. The second-order valence-corrected chi connectivity index (χ2v) is 11.1. The number of para-hydroxylation sites is 1. The van der Waals surface area contributed by atoms with Crippen molar-refractivity contribution in [1.82, 2.24) is 4.57 Å². The first-order chi connectivity index (χ1) is 19.7. The lowest BCUT2D eigenvalue weighted by atomic mass is 9.88. The fraction of sp³-hybridized carbons (Fsp3) is 0.0270. The van der Waals surface area contributed by atoms with Gasteiger partial charge in [-0.3, -0.25) is 0 Å². The summed E-state index contributed by atoms with van der Waals surface area (Å²) in [5.41, 5.74) is 16.1. The molecular weight excluding hydrogens is 504 g/mol. The number of rotatable bonds is 6. The van der Waals surface area contributed by atoms with Crippen LogP contribution in [0.5, 0.6) is 0 Å². The van der Waals surface area contributed by atoms with E-state index in [1.807, 2.05) is 6.08 Å². The third-order valence-electron chi connectivity index (χ3n) is 7.72. The highest BCUT2D eigenvalue weighted by molar-refractivity contribution is 7.26. The van der Waals surface area contributed by atoms with E-state index >= 15 is 0 Å². The van der Waals surface area contributed by atoms with E-state index in [4.69, 9.17) is 5.73 Å². The Hall–Kier alpha value is -4.86. The van der Waals surface area contributed by atoms with Crippen molar-refractivity contribution in [3.05, 3.63) is 151 Å². The first-order valence-electron chi connectivity index (χ1n) is 13.5. The largest absolute Gasteiger partial charge is 0.398 e. The second kappa shape index (κ2) is 10.0. The standard InChI is InChI=1S/C37H28N2S/c1-2-11-26(25-12-5-3-6-13-25)24-32-28(18-20-33-29(32)22-23-39(33)27-14-7-4-8-15-27)30-19-21-35-36(37(30)38)31-16-9-10-17-34(31)40-35/h2-23H,1,24,38H2/b26-11+. The summed E-state index contributed by atoms with van der Waals surface area (Å²) in [5, 5.41) is 3.59. The second-order valence-electron chi connectivity index (χ2n) is 10.0. The predicted molar refractivity (Wildman–Crippen MR) is 174 cm³/mol. The fourth-order valence-corrected chi connectivity index (χ4v) is 6.98. The number of nitrogens with two attached hydrogens (primary N) is 1. The molecule has 7 rings (SSSR count). The van der Waals surface area contributed by atoms with Gasteiger partial charge in [-0.15, -0.1) is 11.3 Å². The molecule has 0 atom stereocenters. The first-order valence-corrected chi connectivity index (χ1v) is 14.3. The Balaban J connectivity index is 1.49. The van der Waals surface area contributed by atoms with Crippen LogP contribution in [0.4, 0.5) is 5.69 Å². The van der Waals surface area contributed by atoms with Crippen LogP contribution in [0, 0.1) is 0 Å². The zero-order chi connectivity index (χ0) is 27.1. The smallest absolute Gasteiger partial charge is 0.0531 e. The minimum absolute atomic E-state index is 0.753. The minimum atomic E-state index is 0.753. The molecule has 0 bridgehead atoms. The van der Waals surface area contributed by atoms with Crippen molar-refractivity contribution < 1.29 is 0 Å². The van der Waals surface area contributed by atoms with Gasteiger partial charge in [0.2, 0.25) is 0 Å². The molecule has 0 spiro atoms. The highest BCUT2D eigenvalue weighted by Gasteiger charge is 2.19. The van der Waals surface area contributed by atoms with Gasteiger partial charge in [0.1, 0.15) is 0 Å². The van der Waals surface area contributed by atoms with Gasteiger partial charge >= 0.3 is 0 Å². The van der Waals surface area contributed by atoms with Crippen LogP contribution in [-0.2, 0) is 6.42 Å². The Morgan fingerprint density at radius 2 is 1.45 bits per heavy atom. The minimum Gasteiger partial charge on any atom is -0.398 e.